The summed E-state index contributed by atoms with van der Waals surface area (Å²) in [6.45, 7) is -0.970. The van der Waals surface area contributed by atoms with E-state index in [0.29, 0.717) is 23.9 Å². The number of guanidine groups is 1. The Kier molecular flexibility index (Phi) is 7.40. The summed E-state index contributed by atoms with van der Waals surface area (Å²) in [7, 11) is 0. The number of carbonyl (C=O) groups excluding carboxylic acids is 1. The van der Waals surface area contributed by atoms with Crippen LogP contribution in [0.1, 0.15) is 17.0 Å². The van der Waals surface area contributed by atoms with Gasteiger partial charge in [0, 0.05) is 12.3 Å². The molecule has 4 N–H and O–H groups in total. The van der Waals surface area contributed by atoms with E-state index in [-0.39, 0.29) is 17.6 Å². The van der Waals surface area contributed by atoms with E-state index in [0.717, 1.165) is 0 Å². The highest BCUT2D eigenvalue weighted by molar-refractivity contribution is 7.99. The topological polar surface area (TPSA) is 131 Å². The van der Waals surface area contributed by atoms with E-state index >= 15 is 0 Å². The molecule has 2 aromatic heterocycles. The summed E-state index contributed by atoms with van der Waals surface area (Å²) in [5.74, 6) is 0.0718. The zero-order valence-corrected chi connectivity index (χ0v) is 14.7. The second kappa shape index (κ2) is 9.75. The molecule has 0 unspecified atom stereocenters. The van der Waals surface area contributed by atoms with Gasteiger partial charge in [-0.1, -0.05) is 11.8 Å². The van der Waals surface area contributed by atoms with Gasteiger partial charge in [-0.2, -0.15) is 18.2 Å². The summed E-state index contributed by atoms with van der Waals surface area (Å²) >= 11 is 1.29. The number of amides is 1. The Bertz CT molecular complexity index is 768. The fourth-order valence-electron chi connectivity index (χ4n) is 1.67. The molecular formula is C14H16F3N7O2S. The first-order valence-electron chi connectivity index (χ1n) is 7.61. The Morgan fingerprint density at radius 3 is 2.89 bits per heavy atom. The maximum atomic E-state index is 12.1. The number of aromatic nitrogens is 3. The monoisotopic (exact) mass is 403 g/mol. The zero-order chi connectivity index (χ0) is 19.7. The molecule has 0 atom stereocenters. The van der Waals surface area contributed by atoms with Crippen LogP contribution in [0.2, 0.25) is 0 Å². The predicted octanol–water partition coefficient (Wildman–Crippen LogP) is 1.67. The van der Waals surface area contributed by atoms with E-state index in [2.05, 4.69) is 30.6 Å². The minimum absolute atomic E-state index is 0.0120. The number of halogens is 3. The molecule has 0 saturated heterocycles. The smallest absolute Gasteiger partial charge is 0.408 e. The number of carbonyl (C=O) groups is 1. The van der Waals surface area contributed by atoms with Crippen molar-refractivity contribution in [3.8, 4) is 0 Å². The van der Waals surface area contributed by atoms with Gasteiger partial charge in [0.15, 0.2) is 16.9 Å². The maximum absolute atomic E-state index is 12.1. The van der Waals surface area contributed by atoms with Crippen molar-refractivity contribution in [1.29, 1.82) is 0 Å². The third-order valence-electron chi connectivity index (χ3n) is 2.80. The van der Waals surface area contributed by atoms with Crippen LogP contribution in [0.25, 0.3) is 0 Å². The summed E-state index contributed by atoms with van der Waals surface area (Å²) in [6.07, 6.45) is -1.19. The van der Waals surface area contributed by atoms with Crippen LogP contribution >= 0.6 is 11.8 Å². The molecule has 2 heterocycles. The lowest BCUT2D eigenvalue weighted by Crippen LogP contribution is -2.26. The lowest BCUT2D eigenvalue weighted by atomic mass is 10.4. The van der Waals surface area contributed by atoms with Gasteiger partial charge in [-0.3, -0.25) is 10.1 Å². The minimum atomic E-state index is -4.45. The van der Waals surface area contributed by atoms with Crippen molar-refractivity contribution in [2.75, 3.05) is 24.2 Å². The van der Waals surface area contributed by atoms with E-state index < -0.39 is 18.7 Å². The number of nitrogens with one attached hydrogen (secondary N) is 2. The van der Waals surface area contributed by atoms with Gasteiger partial charge in [0.2, 0.25) is 5.95 Å². The zero-order valence-electron chi connectivity index (χ0n) is 13.9. The summed E-state index contributed by atoms with van der Waals surface area (Å²) in [5.41, 5.74) is 5.35. The van der Waals surface area contributed by atoms with Crippen molar-refractivity contribution in [3.05, 3.63) is 30.5 Å². The number of hydrogen-bond acceptors (Lipinski definition) is 7. The number of hydrogen-bond donors (Lipinski definition) is 3. The molecule has 0 spiro atoms. The largest absolute Gasteiger partial charge is 0.459 e. The van der Waals surface area contributed by atoms with Gasteiger partial charge in [-0.05, 0) is 18.6 Å². The van der Waals surface area contributed by atoms with E-state index in [4.69, 9.17) is 10.2 Å². The fourth-order valence-corrected chi connectivity index (χ4v) is 2.42. The average Bonchev–Trinajstić information content (AvgIpc) is 3.14. The molecule has 2 aromatic rings. The maximum Gasteiger partial charge on any atom is 0.408 e. The highest BCUT2D eigenvalue weighted by atomic mass is 32.2. The van der Waals surface area contributed by atoms with Crippen molar-refractivity contribution in [1.82, 2.24) is 20.3 Å². The van der Waals surface area contributed by atoms with Crippen LogP contribution in [0.3, 0.4) is 0 Å². The molecule has 0 fully saturated rings. The van der Waals surface area contributed by atoms with Gasteiger partial charge in [0.1, 0.15) is 12.9 Å². The van der Waals surface area contributed by atoms with Crippen LogP contribution in [0.5, 0.6) is 0 Å². The lowest BCUT2D eigenvalue weighted by Gasteiger charge is -2.06. The van der Waals surface area contributed by atoms with Crippen LogP contribution < -0.4 is 16.4 Å². The second-order valence-corrected chi connectivity index (χ2v) is 6.03. The molecule has 0 radical (unpaired) electrons. The van der Waals surface area contributed by atoms with Crippen LogP contribution in [-0.2, 0) is 0 Å². The van der Waals surface area contributed by atoms with Crippen molar-refractivity contribution < 1.29 is 22.4 Å². The number of nitrogens with two attached hydrogens (primary N) is 1. The van der Waals surface area contributed by atoms with E-state index in [1.807, 2.05) is 0 Å². The van der Waals surface area contributed by atoms with Crippen LogP contribution in [0.4, 0.5) is 19.1 Å². The number of alkyl halides is 3. The Labute approximate surface area is 156 Å². The van der Waals surface area contributed by atoms with Gasteiger partial charge >= 0.3 is 6.18 Å². The summed E-state index contributed by atoms with van der Waals surface area (Å²) in [5, 5.41) is 5.43. The molecule has 0 aliphatic rings. The summed E-state index contributed by atoms with van der Waals surface area (Å²) < 4.78 is 41.2. The molecule has 0 aliphatic carbocycles. The lowest BCUT2D eigenvalue weighted by molar-refractivity contribution is -0.118. The van der Waals surface area contributed by atoms with Gasteiger partial charge in [-0.15, -0.1) is 0 Å². The third-order valence-corrected chi connectivity index (χ3v) is 3.75. The van der Waals surface area contributed by atoms with Gasteiger partial charge < -0.3 is 15.5 Å². The number of rotatable bonds is 8. The summed E-state index contributed by atoms with van der Waals surface area (Å²) in [6, 6.07) is 3.19. The first-order chi connectivity index (χ1) is 12.8. The molecule has 9 nitrogen and oxygen atoms in total. The normalized spacial score (nSPS) is 12.0. The minimum Gasteiger partial charge on any atom is -0.459 e. The highest BCUT2D eigenvalue weighted by Crippen LogP contribution is 2.15. The molecule has 13 heteroatoms. The Balaban J connectivity index is 1.73. The van der Waals surface area contributed by atoms with E-state index in [1.165, 1.54) is 24.4 Å². The molecule has 146 valence electrons. The van der Waals surface area contributed by atoms with Crippen molar-refractivity contribution in [2.24, 2.45) is 10.7 Å². The SMILES string of the molecule is N/C(=N/CC(F)(F)F)Nc1ncnc(SCCCNC(=O)c2ccco2)n1. The van der Waals surface area contributed by atoms with Gasteiger partial charge in [0.05, 0.1) is 6.26 Å². The van der Waals surface area contributed by atoms with Crippen LogP contribution in [0.15, 0.2) is 39.3 Å². The van der Waals surface area contributed by atoms with Crippen molar-refractivity contribution in [3.63, 3.8) is 0 Å². The quantitative estimate of drug-likeness (QED) is 0.262. The highest BCUT2D eigenvalue weighted by Gasteiger charge is 2.26. The fraction of sp³-hybridized carbons (Fsp3) is 0.357. The molecular weight excluding hydrogens is 387 g/mol. The van der Waals surface area contributed by atoms with E-state index in [1.54, 1.807) is 12.1 Å². The number of nitrogens with zero attached hydrogens (tertiary/aromatic N) is 4. The summed E-state index contributed by atoms with van der Waals surface area (Å²) in [4.78, 5) is 26.5. The number of aliphatic imine (C=N–C) groups is 1. The molecule has 1 amide bonds. The average molecular weight is 403 g/mol. The van der Waals surface area contributed by atoms with Crippen LogP contribution in [0, 0.1) is 0 Å². The van der Waals surface area contributed by atoms with Gasteiger partial charge in [0.25, 0.3) is 5.91 Å². The Hall–Kier alpha value is -2.83. The van der Waals surface area contributed by atoms with E-state index in [9.17, 15) is 18.0 Å². The Morgan fingerprint density at radius 1 is 1.37 bits per heavy atom. The molecule has 2 rings (SSSR count). The molecule has 0 saturated carbocycles. The van der Waals surface area contributed by atoms with Crippen molar-refractivity contribution in [2.45, 2.75) is 17.8 Å². The molecule has 27 heavy (non-hydrogen) atoms. The van der Waals surface area contributed by atoms with Crippen molar-refractivity contribution >= 4 is 29.6 Å². The molecule has 0 aliphatic heterocycles. The first kappa shape index (κ1) is 20.5. The number of anilines is 1. The standard InChI is InChI=1S/C14H16F3N7O2S/c15-14(16,17)7-20-11(18)23-12-21-8-22-13(24-12)27-6-2-4-19-10(25)9-3-1-5-26-9/h1,3,5,8H,2,4,6-7H2,(H,19,25)(H3,18,20,21,22,23,24). The second-order valence-electron chi connectivity index (χ2n) is 4.97. The number of furan rings is 1. The predicted molar refractivity (Wildman–Crippen MR) is 92.4 cm³/mol. The number of thioether (sulfide) groups is 1. The first-order valence-corrected chi connectivity index (χ1v) is 8.59. The third kappa shape index (κ3) is 7.94. The van der Waals surface area contributed by atoms with Crippen LogP contribution in [-0.4, -0.2) is 51.8 Å². The van der Waals surface area contributed by atoms with Gasteiger partial charge in [-0.25, -0.2) is 15.0 Å². The molecule has 0 bridgehead atoms. The Morgan fingerprint density at radius 2 is 2.19 bits per heavy atom. The molecule has 0 aromatic carbocycles.